The molecule has 166 valence electrons. The van der Waals surface area contributed by atoms with Gasteiger partial charge in [0.05, 0.1) is 4.91 Å². The van der Waals surface area contributed by atoms with Crippen molar-refractivity contribution in [1.29, 1.82) is 0 Å². The van der Waals surface area contributed by atoms with Crippen LogP contribution in [0.3, 0.4) is 0 Å². The highest BCUT2D eigenvalue weighted by atomic mass is 32.2. The highest BCUT2D eigenvalue weighted by Crippen LogP contribution is 2.37. The number of amidine groups is 1. The molecule has 1 atom stereocenters. The molecule has 1 saturated heterocycles. The van der Waals surface area contributed by atoms with Crippen molar-refractivity contribution in [2.24, 2.45) is 4.99 Å². The highest BCUT2D eigenvalue weighted by Gasteiger charge is 2.33. The lowest BCUT2D eigenvalue weighted by Crippen LogP contribution is -2.29. The second kappa shape index (κ2) is 10.3. The number of ketones is 1. The molecule has 0 bridgehead atoms. The van der Waals surface area contributed by atoms with Crippen molar-refractivity contribution < 1.29 is 19.4 Å². The molecule has 0 radical (unpaired) electrons. The summed E-state index contributed by atoms with van der Waals surface area (Å²) in [6, 6.07) is 12.5. The molecule has 1 heterocycles. The summed E-state index contributed by atoms with van der Waals surface area (Å²) in [4.78, 5) is 31.4. The molecule has 1 aliphatic heterocycles. The van der Waals surface area contributed by atoms with Crippen LogP contribution in [0.1, 0.15) is 31.4 Å². The summed E-state index contributed by atoms with van der Waals surface area (Å²) < 4.78 is 5.92. The quantitative estimate of drug-likeness (QED) is 0.440. The third kappa shape index (κ3) is 5.29. The van der Waals surface area contributed by atoms with Crippen LogP contribution in [0, 0.1) is 6.92 Å². The van der Waals surface area contributed by atoms with E-state index >= 15 is 0 Å². The van der Waals surface area contributed by atoms with Crippen molar-refractivity contribution in [3.05, 3.63) is 71.2 Å². The van der Waals surface area contributed by atoms with E-state index in [1.165, 1.54) is 23.6 Å². The molecule has 2 aromatic carbocycles. The predicted molar refractivity (Wildman–Crippen MR) is 129 cm³/mol. The van der Waals surface area contributed by atoms with Gasteiger partial charge >= 0.3 is 0 Å². The van der Waals surface area contributed by atoms with Crippen molar-refractivity contribution in [2.45, 2.75) is 33.3 Å². The maximum Gasteiger partial charge on any atom is 0.267 e. The van der Waals surface area contributed by atoms with Crippen molar-refractivity contribution in [3.8, 4) is 11.5 Å². The van der Waals surface area contributed by atoms with Crippen molar-refractivity contribution in [3.63, 3.8) is 0 Å². The molecule has 0 aliphatic carbocycles. The molecular weight excluding hydrogens is 424 g/mol. The van der Waals surface area contributed by atoms with E-state index < -0.39 is 6.10 Å². The normalized spacial score (nSPS) is 17.1. The second-order valence-electron chi connectivity index (χ2n) is 7.36. The summed E-state index contributed by atoms with van der Waals surface area (Å²) in [5, 5.41) is 10.7. The average Bonchev–Trinajstić information content (AvgIpc) is 3.04. The molecule has 0 aromatic heterocycles. The zero-order valence-electron chi connectivity index (χ0n) is 18.4. The minimum Gasteiger partial charge on any atom is -0.506 e. The number of aromatic hydroxyl groups is 1. The summed E-state index contributed by atoms with van der Waals surface area (Å²) in [6.07, 6.45) is 3.38. The van der Waals surface area contributed by atoms with E-state index in [1.807, 2.05) is 38.1 Å². The monoisotopic (exact) mass is 450 g/mol. The maximum absolute atomic E-state index is 13.1. The van der Waals surface area contributed by atoms with Gasteiger partial charge < -0.3 is 9.84 Å². The van der Waals surface area contributed by atoms with Gasteiger partial charge in [-0.2, -0.15) is 0 Å². The zero-order chi connectivity index (χ0) is 23.3. The van der Waals surface area contributed by atoms with Crippen LogP contribution in [-0.4, -0.2) is 39.5 Å². The first-order valence-electron chi connectivity index (χ1n) is 10.3. The molecule has 0 saturated carbocycles. The van der Waals surface area contributed by atoms with Gasteiger partial charge in [-0.3, -0.25) is 14.5 Å². The molecule has 1 fully saturated rings. The summed E-state index contributed by atoms with van der Waals surface area (Å²) in [5.41, 5.74) is 2.00. The number of phenols is 1. The van der Waals surface area contributed by atoms with Gasteiger partial charge in [-0.25, -0.2) is 4.99 Å². The van der Waals surface area contributed by atoms with Crippen LogP contribution in [-0.2, 0) is 9.59 Å². The lowest BCUT2D eigenvalue weighted by atomic mass is 10.1. The molecule has 6 nitrogen and oxygen atoms in total. The van der Waals surface area contributed by atoms with E-state index in [-0.39, 0.29) is 24.0 Å². The van der Waals surface area contributed by atoms with Crippen LogP contribution in [0.25, 0.3) is 6.08 Å². The van der Waals surface area contributed by atoms with Gasteiger partial charge in [-0.15, -0.1) is 6.58 Å². The number of ether oxygens (including phenoxy) is 1. The number of para-hydroxylation sites is 1. The number of nitrogens with zero attached hydrogens (tertiary/aromatic N) is 2. The Labute approximate surface area is 192 Å². The molecule has 1 unspecified atom stereocenters. The number of thioether (sulfide) groups is 1. The third-order valence-electron chi connectivity index (χ3n) is 4.85. The number of rotatable bonds is 8. The number of carbonyl (C=O) groups is 2. The first kappa shape index (κ1) is 23.3. The Bertz CT molecular complexity index is 1110. The number of aliphatic imine (C=N–C) groups is 1. The van der Waals surface area contributed by atoms with E-state index in [1.54, 1.807) is 30.4 Å². The molecule has 3 rings (SSSR count). The van der Waals surface area contributed by atoms with Gasteiger partial charge in [0.25, 0.3) is 5.91 Å². The van der Waals surface area contributed by atoms with Crippen molar-refractivity contribution in [1.82, 2.24) is 4.90 Å². The van der Waals surface area contributed by atoms with Gasteiger partial charge in [0.15, 0.2) is 17.1 Å². The van der Waals surface area contributed by atoms with Gasteiger partial charge in [-0.1, -0.05) is 37.3 Å². The Morgan fingerprint density at radius 2 is 2.06 bits per heavy atom. The Morgan fingerprint density at radius 3 is 2.72 bits per heavy atom. The standard InChI is InChI=1S/C25H26N2O4S/c1-5-13-27-24(30)23(32-25(27)26-19-12-11-16(3)14-20(19)29)15-18-9-7-8-10-22(18)31-21(6-2)17(4)28/h5,7-12,14-15,21,29H,1,6,13H2,2-4H3/b23-15-,26-25?. The number of phenolic OH excluding ortho intramolecular Hbond substituents is 1. The third-order valence-corrected chi connectivity index (χ3v) is 5.85. The Morgan fingerprint density at radius 1 is 1.31 bits per heavy atom. The number of hydrogen-bond acceptors (Lipinski definition) is 6. The first-order chi connectivity index (χ1) is 15.3. The number of carbonyl (C=O) groups excluding carboxylic acids is 2. The molecular formula is C25H26N2O4S. The fraction of sp³-hybridized carbons (Fsp3) is 0.240. The fourth-order valence-electron chi connectivity index (χ4n) is 3.17. The van der Waals surface area contributed by atoms with E-state index in [4.69, 9.17) is 4.74 Å². The van der Waals surface area contributed by atoms with E-state index in [9.17, 15) is 14.7 Å². The van der Waals surface area contributed by atoms with Gasteiger partial charge in [0.2, 0.25) is 0 Å². The van der Waals surface area contributed by atoms with E-state index in [0.717, 1.165) is 5.56 Å². The molecule has 1 amide bonds. The summed E-state index contributed by atoms with van der Waals surface area (Å²) in [7, 11) is 0. The lowest BCUT2D eigenvalue weighted by molar-refractivity contribution is -0.124. The topological polar surface area (TPSA) is 79.2 Å². The minimum absolute atomic E-state index is 0.0502. The average molecular weight is 451 g/mol. The molecule has 32 heavy (non-hydrogen) atoms. The largest absolute Gasteiger partial charge is 0.506 e. The van der Waals surface area contributed by atoms with Crippen LogP contribution in [0.4, 0.5) is 5.69 Å². The number of aryl methyl sites for hydroxylation is 1. The number of hydrogen-bond donors (Lipinski definition) is 1. The van der Waals surface area contributed by atoms with E-state index in [0.29, 0.717) is 33.5 Å². The predicted octanol–water partition coefficient (Wildman–Crippen LogP) is 5.24. The van der Waals surface area contributed by atoms with Crippen molar-refractivity contribution >= 4 is 40.4 Å². The van der Waals surface area contributed by atoms with Gasteiger partial charge in [0, 0.05) is 12.1 Å². The smallest absolute Gasteiger partial charge is 0.267 e. The lowest BCUT2D eigenvalue weighted by Gasteiger charge is -2.16. The summed E-state index contributed by atoms with van der Waals surface area (Å²) in [5.74, 6) is 0.321. The maximum atomic E-state index is 13.1. The second-order valence-corrected chi connectivity index (χ2v) is 8.37. The molecule has 7 heteroatoms. The van der Waals surface area contributed by atoms with E-state index in [2.05, 4.69) is 11.6 Å². The zero-order valence-corrected chi connectivity index (χ0v) is 19.2. The number of Topliss-reactive ketones (excluding diaryl/α,β-unsaturated/α-hetero) is 1. The SMILES string of the molecule is C=CCN1C(=O)/C(=C/c2ccccc2OC(CC)C(C)=O)SC1=Nc1ccc(C)cc1O. The fourth-order valence-corrected chi connectivity index (χ4v) is 4.16. The Kier molecular flexibility index (Phi) is 7.53. The molecule has 1 N–H and O–H groups in total. The Hall–Kier alpha value is -3.32. The van der Waals surface area contributed by atoms with Gasteiger partial charge in [0.1, 0.15) is 17.2 Å². The molecule has 0 spiro atoms. The first-order valence-corrected chi connectivity index (χ1v) is 11.1. The van der Waals surface area contributed by atoms with Crippen LogP contribution >= 0.6 is 11.8 Å². The highest BCUT2D eigenvalue weighted by molar-refractivity contribution is 8.18. The van der Waals surface area contributed by atoms with Crippen LogP contribution in [0.5, 0.6) is 11.5 Å². The summed E-state index contributed by atoms with van der Waals surface area (Å²) >= 11 is 1.22. The summed E-state index contributed by atoms with van der Waals surface area (Å²) in [6.45, 7) is 9.29. The molecule has 1 aliphatic rings. The molecule has 2 aromatic rings. The van der Waals surface area contributed by atoms with Gasteiger partial charge in [-0.05, 0) is 61.9 Å². The Balaban J connectivity index is 1.97. The van der Waals surface area contributed by atoms with Crippen molar-refractivity contribution in [2.75, 3.05) is 6.54 Å². The van der Waals surface area contributed by atoms with Crippen LogP contribution in [0.15, 0.2) is 65.0 Å². The number of benzene rings is 2. The number of amides is 1. The van der Waals surface area contributed by atoms with Crippen LogP contribution < -0.4 is 4.74 Å². The van der Waals surface area contributed by atoms with Crippen LogP contribution in [0.2, 0.25) is 0 Å². The minimum atomic E-state index is -0.541.